The van der Waals surface area contributed by atoms with Crippen LogP contribution in [0.1, 0.15) is 5.56 Å². The second-order valence-corrected chi connectivity index (χ2v) is 4.55. The molecule has 1 aromatic heterocycles. The minimum Gasteiger partial charge on any atom is -0.373 e. The van der Waals surface area contributed by atoms with Gasteiger partial charge >= 0.3 is 0 Å². The van der Waals surface area contributed by atoms with E-state index in [0.29, 0.717) is 0 Å². The van der Waals surface area contributed by atoms with E-state index in [4.69, 9.17) is 0 Å². The van der Waals surface area contributed by atoms with E-state index < -0.39 is 0 Å². The molecule has 2 aromatic rings. The Bertz CT molecular complexity index is 482. The largest absolute Gasteiger partial charge is 0.373 e. The molecule has 0 amide bonds. The van der Waals surface area contributed by atoms with Crippen LogP contribution < -0.4 is 10.6 Å². The number of hydrogen-bond acceptors (Lipinski definition) is 3. The van der Waals surface area contributed by atoms with E-state index in [0.717, 1.165) is 22.7 Å². The maximum Gasteiger partial charge on any atom is 0.128 e. The van der Waals surface area contributed by atoms with Crippen LogP contribution in [0.3, 0.4) is 0 Å². The average molecular weight is 292 g/mol. The number of benzene rings is 1. The molecule has 0 spiro atoms. The molecule has 0 atom stereocenters. The fraction of sp³-hybridized carbons (Fsp3) is 0.154. The van der Waals surface area contributed by atoms with Gasteiger partial charge in [0, 0.05) is 18.1 Å². The maximum atomic E-state index is 4.39. The van der Waals surface area contributed by atoms with Crippen molar-refractivity contribution in [1.29, 1.82) is 0 Å². The first-order valence-electron chi connectivity index (χ1n) is 5.41. The van der Waals surface area contributed by atoms with Gasteiger partial charge in [0.1, 0.15) is 11.6 Å². The summed E-state index contributed by atoms with van der Waals surface area (Å²) in [5.41, 5.74) is 1.23. The zero-order valence-electron chi connectivity index (χ0n) is 9.57. The van der Waals surface area contributed by atoms with E-state index >= 15 is 0 Å². The van der Waals surface area contributed by atoms with Crippen LogP contribution in [0.2, 0.25) is 0 Å². The Labute approximate surface area is 109 Å². The van der Waals surface area contributed by atoms with Crippen LogP contribution in [0.15, 0.2) is 46.9 Å². The molecule has 0 bridgehead atoms. The van der Waals surface area contributed by atoms with Crippen molar-refractivity contribution in [3.05, 3.63) is 52.5 Å². The second-order valence-electron chi connectivity index (χ2n) is 3.64. The van der Waals surface area contributed by atoms with Crippen molar-refractivity contribution in [2.45, 2.75) is 6.54 Å². The van der Waals surface area contributed by atoms with Crippen molar-refractivity contribution in [1.82, 2.24) is 4.98 Å². The molecular weight excluding hydrogens is 278 g/mol. The molecule has 3 nitrogen and oxygen atoms in total. The number of nitrogens with one attached hydrogen (secondary N) is 2. The van der Waals surface area contributed by atoms with E-state index in [1.807, 2.05) is 37.4 Å². The standard InChI is InChI=1S/C13H14BrN3/c1-15-12-3-2-4-13(17-12)16-9-10-5-7-11(14)8-6-10/h2-8H,9H2,1H3,(H2,15,16,17). The summed E-state index contributed by atoms with van der Waals surface area (Å²) in [4.78, 5) is 4.39. The Kier molecular flexibility index (Phi) is 3.98. The molecule has 17 heavy (non-hydrogen) atoms. The number of rotatable bonds is 4. The van der Waals surface area contributed by atoms with E-state index in [-0.39, 0.29) is 0 Å². The van der Waals surface area contributed by atoms with Gasteiger partial charge in [0.15, 0.2) is 0 Å². The number of nitrogens with zero attached hydrogens (tertiary/aromatic N) is 1. The van der Waals surface area contributed by atoms with Crippen LogP contribution >= 0.6 is 15.9 Å². The smallest absolute Gasteiger partial charge is 0.128 e. The number of halogens is 1. The zero-order chi connectivity index (χ0) is 12.1. The summed E-state index contributed by atoms with van der Waals surface area (Å²) in [7, 11) is 1.86. The minimum atomic E-state index is 0.771. The van der Waals surface area contributed by atoms with Crippen LogP contribution in [-0.2, 0) is 6.54 Å². The molecule has 2 rings (SSSR count). The Morgan fingerprint density at radius 1 is 1.06 bits per heavy atom. The van der Waals surface area contributed by atoms with Gasteiger partial charge in [-0.05, 0) is 29.8 Å². The van der Waals surface area contributed by atoms with Crippen LogP contribution in [0.5, 0.6) is 0 Å². The molecule has 0 aliphatic carbocycles. The van der Waals surface area contributed by atoms with Crippen molar-refractivity contribution in [3.63, 3.8) is 0 Å². The SMILES string of the molecule is CNc1cccc(NCc2ccc(Br)cc2)n1. The van der Waals surface area contributed by atoms with Crippen molar-refractivity contribution >= 4 is 27.6 Å². The summed E-state index contributed by atoms with van der Waals surface area (Å²) in [5, 5.41) is 6.30. The topological polar surface area (TPSA) is 37.0 Å². The van der Waals surface area contributed by atoms with Crippen LogP contribution in [0, 0.1) is 0 Å². The summed E-state index contributed by atoms with van der Waals surface area (Å²) in [6.45, 7) is 0.771. The molecule has 1 aromatic carbocycles. The van der Waals surface area contributed by atoms with Crippen molar-refractivity contribution in [2.75, 3.05) is 17.7 Å². The van der Waals surface area contributed by atoms with E-state index in [1.165, 1.54) is 5.56 Å². The lowest BCUT2D eigenvalue weighted by Gasteiger charge is -2.07. The van der Waals surface area contributed by atoms with E-state index in [2.05, 4.69) is 43.7 Å². The fourth-order valence-electron chi connectivity index (χ4n) is 1.47. The second kappa shape index (κ2) is 5.68. The summed E-state index contributed by atoms with van der Waals surface area (Å²) in [6.07, 6.45) is 0. The van der Waals surface area contributed by atoms with Gasteiger partial charge in [-0.1, -0.05) is 34.1 Å². The molecular formula is C13H14BrN3. The quantitative estimate of drug-likeness (QED) is 0.905. The highest BCUT2D eigenvalue weighted by Crippen LogP contribution is 2.13. The summed E-state index contributed by atoms with van der Waals surface area (Å²) >= 11 is 3.42. The Morgan fingerprint density at radius 2 is 1.76 bits per heavy atom. The fourth-order valence-corrected chi connectivity index (χ4v) is 1.73. The van der Waals surface area contributed by atoms with Crippen LogP contribution in [0.25, 0.3) is 0 Å². The van der Waals surface area contributed by atoms with Crippen LogP contribution in [0.4, 0.5) is 11.6 Å². The zero-order valence-corrected chi connectivity index (χ0v) is 11.2. The third-order valence-electron chi connectivity index (χ3n) is 2.39. The normalized spacial score (nSPS) is 10.0. The predicted molar refractivity (Wildman–Crippen MR) is 75.3 cm³/mol. The van der Waals surface area contributed by atoms with Crippen molar-refractivity contribution in [3.8, 4) is 0 Å². The van der Waals surface area contributed by atoms with Crippen LogP contribution in [-0.4, -0.2) is 12.0 Å². The first-order valence-corrected chi connectivity index (χ1v) is 6.20. The van der Waals surface area contributed by atoms with Gasteiger partial charge in [0.25, 0.3) is 0 Å². The van der Waals surface area contributed by atoms with E-state index in [9.17, 15) is 0 Å². The molecule has 0 unspecified atom stereocenters. The molecule has 2 N–H and O–H groups in total. The number of pyridine rings is 1. The highest BCUT2D eigenvalue weighted by Gasteiger charge is 1.96. The van der Waals surface area contributed by atoms with Gasteiger partial charge in [0.05, 0.1) is 0 Å². The highest BCUT2D eigenvalue weighted by molar-refractivity contribution is 9.10. The van der Waals surface area contributed by atoms with Gasteiger partial charge in [-0.15, -0.1) is 0 Å². The third-order valence-corrected chi connectivity index (χ3v) is 2.92. The summed E-state index contributed by atoms with van der Waals surface area (Å²) < 4.78 is 1.09. The van der Waals surface area contributed by atoms with E-state index in [1.54, 1.807) is 0 Å². The number of aromatic nitrogens is 1. The van der Waals surface area contributed by atoms with Gasteiger partial charge in [-0.2, -0.15) is 0 Å². The minimum absolute atomic E-state index is 0.771. The molecule has 0 fully saturated rings. The predicted octanol–water partition coefficient (Wildman–Crippen LogP) is 3.50. The van der Waals surface area contributed by atoms with Gasteiger partial charge in [-0.25, -0.2) is 4.98 Å². The number of hydrogen-bond donors (Lipinski definition) is 2. The number of anilines is 2. The first kappa shape index (κ1) is 11.9. The highest BCUT2D eigenvalue weighted by atomic mass is 79.9. The summed E-state index contributed by atoms with van der Waals surface area (Å²) in [5.74, 6) is 1.74. The van der Waals surface area contributed by atoms with Crippen molar-refractivity contribution in [2.24, 2.45) is 0 Å². The van der Waals surface area contributed by atoms with Crippen molar-refractivity contribution < 1.29 is 0 Å². The molecule has 88 valence electrons. The monoisotopic (exact) mass is 291 g/mol. The first-order chi connectivity index (χ1) is 8.28. The summed E-state index contributed by atoms with van der Waals surface area (Å²) in [6, 6.07) is 14.1. The Morgan fingerprint density at radius 3 is 2.47 bits per heavy atom. The molecule has 1 heterocycles. The lowest BCUT2D eigenvalue weighted by atomic mass is 10.2. The molecule has 0 aliphatic rings. The molecule has 4 heteroatoms. The Hall–Kier alpha value is -1.55. The van der Waals surface area contributed by atoms with Gasteiger partial charge in [-0.3, -0.25) is 0 Å². The molecule has 0 aliphatic heterocycles. The lowest BCUT2D eigenvalue weighted by Crippen LogP contribution is -2.02. The molecule has 0 saturated carbocycles. The lowest BCUT2D eigenvalue weighted by molar-refractivity contribution is 1.11. The molecule has 0 saturated heterocycles. The average Bonchev–Trinajstić information content (AvgIpc) is 2.38. The third kappa shape index (κ3) is 3.46. The Balaban J connectivity index is 1.99. The van der Waals surface area contributed by atoms with Gasteiger partial charge < -0.3 is 10.6 Å². The van der Waals surface area contributed by atoms with Gasteiger partial charge in [0.2, 0.25) is 0 Å². The maximum absolute atomic E-state index is 4.39. The molecule has 0 radical (unpaired) electrons.